The van der Waals surface area contributed by atoms with Gasteiger partial charge in [0.25, 0.3) is 0 Å². The lowest BCUT2D eigenvalue weighted by Gasteiger charge is -2.09. The maximum absolute atomic E-state index is 11.8. The van der Waals surface area contributed by atoms with Gasteiger partial charge in [0.05, 0.1) is 12.6 Å². The molecule has 1 aromatic heterocycles. The molecule has 0 saturated carbocycles. The van der Waals surface area contributed by atoms with Crippen molar-refractivity contribution < 1.29 is 14.3 Å². The normalized spacial score (nSPS) is 10.8. The lowest BCUT2D eigenvalue weighted by Crippen LogP contribution is -2.19. The zero-order valence-corrected chi connectivity index (χ0v) is 16.7. The van der Waals surface area contributed by atoms with E-state index >= 15 is 0 Å². The number of amides is 1. The summed E-state index contributed by atoms with van der Waals surface area (Å²) in [5, 5.41) is 12.3. The second-order valence-electron chi connectivity index (χ2n) is 6.09. The zero-order chi connectivity index (χ0) is 20.5. The third kappa shape index (κ3) is 6.89. The van der Waals surface area contributed by atoms with Gasteiger partial charge in [-0.15, -0.1) is 10.2 Å². The quantitative estimate of drug-likeness (QED) is 0.318. The van der Waals surface area contributed by atoms with E-state index in [2.05, 4.69) is 20.7 Å². The van der Waals surface area contributed by atoms with Crippen LogP contribution in [0.4, 0.5) is 5.13 Å². The number of nitrogens with zero attached hydrogens (tertiary/aromatic N) is 3. The Balaban J connectivity index is 1.37. The highest BCUT2D eigenvalue weighted by Crippen LogP contribution is 2.14. The van der Waals surface area contributed by atoms with Crippen molar-refractivity contribution in [2.75, 3.05) is 18.9 Å². The number of hydrogen-bond donors (Lipinski definition) is 2. The van der Waals surface area contributed by atoms with E-state index in [-0.39, 0.29) is 12.3 Å². The monoisotopic (exact) mass is 411 g/mol. The van der Waals surface area contributed by atoms with Gasteiger partial charge >= 0.3 is 0 Å². The van der Waals surface area contributed by atoms with Gasteiger partial charge in [0.2, 0.25) is 11.0 Å². The highest BCUT2D eigenvalue weighted by atomic mass is 32.1. The molecule has 0 atom stereocenters. The van der Waals surface area contributed by atoms with Gasteiger partial charge in [-0.3, -0.25) is 4.79 Å². The van der Waals surface area contributed by atoms with Crippen LogP contribution in [0.15, 0.2) is 53.6 Å². The second kappa shape index (κ2) is 10.2. The van der Waals surface area contributed by atoms with Gasteiger partial charge in [-0.25, -0.2) is 5.43 Å². The van der Waals surface area contributed by atoms with Gasteiger partial charge in [0.1, 0.15) is 29.7 Å². The number of nitrogens with two attached hydrogens (primary N) is 1. The van der Waals surface area contributed by atoms with Crippen molar-refractivity contribution in [1.29, 1.82) is 0 Å². The van der Waals surface area contributed by atoms with E-state index in [1.807, 2.05) is 55.5 Å². The fourth-order valence-corrected chi connectivity index (χ4v) is 2.98. The molecule has 0 unspecified atom stereocenters. The van der Waals surface area contributed by atoms with Crippen LogP contribution in [0.3, 0.4) is 0 Å². The number of ether oxygens (including phenoxy) is 2. The molecule has 0 fully saturated rings. The Bertz CT molecular complexity index is 972. The van der Waals surface area contributed by atoms with Gasteiger partial charge in [0, 0.05) is 0 Å². The minimum atomic E-state index is -0.286. The van der Waals surface area contributed by atoms with Crippen LogP contribution in [0.2, 0.25) is 0 Å². The highest BCUT2D eigenvalue weighted by Gasteiger charge is 2.07. The molecule has 150 valence electrons. The molecule has 0 saturated heterocycles. The van der Waals surface area contributed by atoms with Crippen molar-refractivity contribution in [1.82, 2.24) is 15.6 Å². The van der Waals surface area contributed by atoms with Crippen LogP contribution < -0.4 is 20.6 Å². The topological polar surface area (TPSA) is 112 Å². The van der Waals surface area contributed by atoms with Crippen molar-refractivity contribution in [3.8, 4) is 11.5 Å². The summed E-state index contributed by atoms with van der Waals surface area (Å²) in [5.41, 5.74) is 9.91. The maximum atomic E-state index is 11.8. The lowest BCUT2D eigenvalue weighted by atomic mass is 10.2. The van der Waals surface area contributed by atoms with Gasteiger partial charge in [0.15, 0.2) is 0 Å². The molecule has 0 radical (unpaired) electrons. The summed E-state index contributed by atoms with van der Waals surface area (Å²) in [6.07, 6.45) is 1.64. The van der Waals surface area contributed by atoms with E-state index in [1.54, 1.807) is 6.21 Å². The van der Waals surface area contributed by atoms with Crippen LogP contribution in [-0.4, -0.2) is 35.5 Å². The summed E-state index contributed by atoms with van der Waals surface area (Å²) < 4.78 is 11.3. The van der Waals surface area contributed by atoms with Crippen LogP contribution in [0.5, 0.6) is 11.5 Å². The number of rotatable bonds is 9. The molecule has 3 aromatic rings. The number of nitrogens with one attached hydrogen (secondary N) is 1. The summed E-state index contributed by atoms with van der Waals surface area (Å²) in [4.78, 5) is 11.8. The Hall–Kier alpha value is -3.46. The van der Waals surface area contributed by atoms with E-state index in [0.717, 1.165) is 22.6 Å². The molecule has 3 rings (SSSR count). The molecule has 0 bridgehead atoms. The predicted octanol–water partition coefficient (Wildman–Crippen LogP) is 2.58. The Morgan fingerprint density at radius 1 is 1.14 bits per heavy atom. The fraction of sp³-hybridized carbons (Fsp3) is 0.200. The Labute approximate surface area is 172 Å². The third-order valence-electron chi connectivity index (χ3n) is 3.69. The first kappa shape index (κ1) is 20.3. The van der Waals surface area contributed by atoms with E-state index in [1.165, 1.54) is 11.3 Å². The Morgan fingerprint density at radius 3 is 2.59 bits per heavy atom. The van der Waals surface area contributed by atoms with Gasteiger partial charge < -0.3 is 15.2 Å². The van der Waals surface area contributed by atoms with Crippen molar-refractivity contribution in [3.63, 3.8) is 0 Å². The van der Waals surface area contributed by atoms with Crippen molar-refractivity contribution in [2.45, 2.75) is 13.3 Å². The first-order chi connectivity index (χ1) is 14.1. The molecule has 29 heavy (non-hydrogen) atoms. The molecule has 3 N–H and O–H groups in total. The molecule has 0 aliphatic heterocycles. The van der Waals surface area contributed by atoms with E-state index < -0.39 is 0 Å². The Kier molecular flexibility index (Phi) is 7.12. The largest absolute Gasteiger partial charge is 0.490 e. The molecule has 9 heteroatoms. The van der Waals surface area contributed by atoms with Crippen molar-refractivity contribution in [3.05, 3.63) is 64.7 Å². The number of anilines is 1. The molecular weight excluding hydrogens is 390 g/mol. The van der Waals surface area contributed by atoms with Gasteiger partial charge in [-0.2, -0.15) is 5.10 Å². The smallest absolute Gasteiger partial charge is 0.247 e. The summed E-state index contributed by atoms with van der Waals surface area (Å²) in [6.45, 7) is 2.92. The number of benzene rings is 2. The number of carbonyl (C=O) groups is 1. The number of nitrogen functional groups attached to an aromatic ring is 1. The predicted molar refractivity (Wildman–Crippen MR) is 112 cm³/mol. The molecule has 1 heterocycles. The lowest BCUT2D eigenvalue weighted by molar-refractivity contribution is -0.120. The number of aryl methyl sites for hydroxylation is 1. The molecule has 1 amide bonds. The average molecular weight is 411 g/mol. The second-order valence-corrected chi connectivity index (χ2v) is 7.18. The molecule has 0 spiro atoms. The molecule has 0 aliphatic rings. The van der Waals surface area contributed by atoms with E-state index in [4.69, 9.17) is 15.2 Å². The number of carbonyl (C=O) groups excluding carboxylic acids is 1. The van der Waals surface area contributed by atoms with Crippen molar-refractivity contribution >= 4 is 28.6 Å². The SMILES string of the molecule is Cc1cccc(OCCOc2ccc(/C=N\NC(=O)Cc3nnc(N)s3)cc2)c1. The molecule has 2 aromatic carbocycles. The number of aromatic nitrogens is 2. The zero-order valence-electron chi connectivity index (χ0n) is 15.9. The van der Waals surface area contributed by atoms with Crippen LogP contribution >= 0.6 is 11.3 Å². The summed E-state index contributed by atoms with van der Waals surface area (Å²) >= 11 is 1.17. The van der Waals surface area contributed by atoms with Crippen molar-refractivity contribution in [2.24, 2.45) is 5.10 Å². The number of hydrazone groups is 1. The first-order valence-electron chi connectivity index (χ1n) is 8.90. The maximum Gasteiger partial charge on any atom is 0.247 e. The average Bonchev–Trinajstić information content (AvgIpc) is 3.11. The fourth-order valence-electron chi connectivity index (χ4n) is 2.37. The standard InChI is InChI=1S/C20H21N5O3S/c1-14-3-2-4-17(11-14)28-10-9-27-16-7-5-15(6-8-16)13-22-23-18(26)12-19-24-25-20(21)29-19/h2-8,11,13H,9-10,12H2,1H3,(H2,21,25)(H,23,26)/b22-13-. The Morgan fingerprint density at radius 2 is 1.90 bits per heavy atom. The van der Waals surface area contributed by atoms with Crippen LogP contribution in [-0.2, 0) is 11.2 Å². The van der Waals surface area contributed by atoms with Gasteiger partial charge in [-0.1, -0.05) is 23.5 Å². The summed E-state index contributed by atoms with van der Waals surface area (Å²) in [7, 11) is 0. The third-order valence-corrected chi connectivity index (χ3v) is 4.44. The highest BCUT2D eigenvalue weighted by molar-refractivity contribution is 7.15. The van der Waals surface area contributed by atoms with Crippen LogP contribution in [0.25, 0.3) is 0 Å². The molecule has 8 nitrogen and oxygen atoms in total. The number of hydrogen-bond acceptors (Lipinski definition) is 8. The molecular formula is C20H21N5O3S. The van der Waals surface area contributed by atoms with E-state index in [9.17, 15) is 4.79 Å². The van der Waals surface area contributed by atoms with Crippen LogP contribution in [0.1, 0.15) is 16.1 Å². The van der Waals surface area contributed by atoms with Gasteiger partial charge in [-0.05, 0) is 54.4 Å². The minimum absolute atomic E-state index is 0.0869. The molecule has 0 aliphatic carbocycles. The summed E-state index contributed by atoms with van der Waals surface area (Å²) in [5.74, 6) is 1.27. The van der Waals surface area contributed by atoms with E-state index in [0.29, 0.717) is 23.4 Å². The van der Waals surface area contributed by atoms with Crippen LogP contribution in [0, 0.1) is 6.92 Å². The first-order valence-corrected chi connectivity index (χ1v) is 9.72. The minimum Gasteiger partial charge on any atom is -0.490 e. The summed E-state index contributed by atoms with van der Waals surface area (Å²) in [6, 6.07) is 15.2.